The maximum atomic E-state index is 12.2. The lowest BCUT2D eigenvalue weighted by Gasteiger charge is -2.23. The van der Waals surface area contributed by atoms with E-state index in [0.29, 0.717) is 23.0 Å². The number of nitrogens with zero attached hydrogens (tertiary/aromatic N) is 2. The normalized spacial score (nSPS) is 10.3. The number of carbonyl (C=O) groups is 2. The molecule has 7 nitrogen and oxygen atoms in total. The number of rotatable bonds is 5. The Morgan fingerprint density at radius 3 is 2.61 bits per heavy atom. The maximum Gasteiger partial charge on any atom is 0.245 e. The Morgan fingerprint density at radius 2 is 2.04 bits per heavy atom. The number of ether oxygens (including phenoxy) is 1. The third-order valence-electron chi connectivity index (χ3n) is 3.20. The fourth-order valence-corrected chi connectivity index (χ4v) is 2.13. The number of methoxy groups -OCH3 is 1. The summed E-state index contributed by atoms with van der Waals surface area (Å²) in [5.74, 6) is 0.782. The lowest BCUT2D eigenvalue weighted by Crippen LogP contribution is -2.37. The van der Waals surface area contributed by atoms with Crippen LogP contribution in [0.3, 0.4) is 0 Å². The van der Waals surface area contributed by atoms with Crippen molar-refractivity contribution in [3.63, 3.8) is 0 Å². The van der Waals surface area contributed by atoms with Gasteiger partial charge in [-0.25, -0.2) is 0 Å². The van der Waals surface area contributed by atoms with Crippen LogP contribution in [0.5, 0.6) is 5.75 Å². The highest BCUT2D eigenvalue weighted by Gasteiger charge is 2.20. The van der Waals surface area contributed by atoms with Crippen molar-refractivity contribution in [2.75, 3.05) is 23.9 Å². The summed E-state index contributed by atoms with van der Waals surface area (Å²) in [4.78, 5) is 25.5. The predicted molar refractivity (Wildman–Crippen MR) is 85.6 cm³/mol. The number of nitrogens with one attached hydrogen (secondary N) is 1. The lowest BCUT2D eigenvalue weighted by atomic mass is 10.2. The minimum absolute atomic E-state index is 0.152. The van der Waals surface area contributed by atoms with Gasteiger partial charge < -0.3 is 14.6 Å². The van der Waals surface area contributed by atoms with E-state index >= 15 is 0 Å². The molecule has 2 aromatic rings. The summed E-state index contributed by atoms with van der Waals surface area (Å²) < 4.78 is 10.2. The van der Waals surface area contributed by atoms with Crippen LogP contribution < -0.4 is 15.0 Å². The number of aromatic nitrogens is 1. The number of aryl methyl sites for hydroxylation is 2. The Hall–Kier alpha value is -2.83. The van der Waals surface area contributed by atoms with Crippen LogP contribution in [0.2, 0.25) is 0 Å². The molecule has 0 aliphatic carbocycles. The molecular weight excluding hydrogens is 298 g/mol. The van der Waals surface area contributed by atoms with Crippen molar-refractivity contribution in [2.45, 2.75) is 20.8 Å². The van der Waals surface area contributed by atoms with Gasteiger partial charge in [-0.1, -0.05) is 11.2 Å². The number of carbonyl (C=O) groups excluding carboxylic acids is 2. The van der Waals surface area contributed by atoms with Crippen LogP contribution in [0.4, 0.5) is 11.5 Å². The topological polar surface area (TPSA) is 84.7 Å². The molecule has 0 atom stereocenters. The number of anilines is 2. The molecule has 23 heavy (non-hydrogen) atoms. The SMILES string of the molecule is COc1ccc(C)cc1N(CC(=O)Nc1cc(C)on1)C(C)=O. The second-order valence-corrected chi connectivity index (χ2v) is 5.15. The average molecular weight is 317 g/mol. The molecule has 0 unspecified atom stereocenters. The van der Waals surface area contributed by atoms with Crippen molar-refractivity contribution in [1.29, 1.82) is 0 Å². The molecule has 1 heterocycles. The second kappa shape index (κ2) is 6.95. The van der Waals surface area contributed by atoms with E-state index in [0.717, 1.165) is 5.56 Å². The zero-order valence-electron chi connectivity index (χ0n) is 13.5. The number of amides is 2. The predicted octanol–water partition coefficient (Wildman–Crippen LogP) is 2.29. The fraction of sp³-hybridized carbons (Fsp3) is 0.312. The second-order valence-electron chi connectivity index (χ2n) is 5.15. The first-order valence-electron chi connectivity index (χ1n) is 7.06. The van der Waals surface area contributed by atoms with Crippen LogP contribution in [-0.4, -0.2) is 30.6 Å². The van der Waals surface area contributed by atoms with Gasteiger partial charge in [-0.15, -0.1) is 0 Å². The summed E-state index contributed by atoms with van der Waals surface area (Å²) in [5, 5.41) is 6.28. The van der Waals surface area contributed by atoms with Crippen molar-refractivity contribution in [3.8, 4) is 5.75 Å². The zero-order chi connectivity index (χ0) is 17.0. The van der Waals surface area contributed by atoms with Crippen molar-refractivity contribution in [3.05, 3.63) is 35.6 Å². The maximum absolute atomic E-state index is 12.2. The van der Waals surface area contributed by atoms with E-state index in [1.807, 2.05) is 13.0 Å². The molecule has 0 saturated heterocycles. The summed E-state index contributed by atoms with van der Waals surface area (Å²) in [6.07, 6.45) is 0. The molecule has 0 saturated carbocycles. The Morgan fingerprint density at radius 1 is 1.30 bits per heavy atom. The molecule has 2 rings (SSSR count). The van der Waals surface area contributed by atoms with E-state index in [2.05, 4.69) is 10.5 Å². The van der Waals surface area contributed by atoms with Gasteiger partial charge in [0.05, 0.1) is 12.8 Å². The Labute approximate surface area is 134 Å². The number of hydrogen-bond acceptors (Lipinski definition) is 5. The minimum Gasteiger partial charge on any atom is -0.495 e. The first-order chi connectivity index (χ1) is 10.9. The molecule has 0 aliphatic heterocycles. The number of benzene rings is 1. The van der Waals surface area contributed by atoms with Crippen LogP contribution in [0, 0.1) is 13.8 Å². The molecule has 1 aromatic heterocycles. The van der Waals surface area contributed by atoms with Gasteiger partial charge in [-0.2, -0.15) is 0 Å². The molecule has 1 N–H and O–H groups in total. The minimum atomic E-state index is -0.378. The summed E-state index contributed by atoms with van der Waals surface area (Å²) in [6.45, 7) is 4.87. The van der Waals surface area contributed by atoms with Crippen LogP contribution in [-0.2, 0) is 9.59 Å². The van der Waals surface area contributed by atoms with E-state index in [-0.39, 0.29) is 18.4 Å². The fourth-order valence-electron chi connectivity index (χ4n) is 2.13. The summed E-state index contributed by atoms with van der Waals surface area (Å²) in [6, 6.07) is 7.04. The first-order valence-corrected chi connectivity index (χ1v) is 7.06. The lowest BCUT2D eigenvalue weighted by molar-refractivity contribution is -0.120. The standard InChI is InChI=1S/C16H19N3O4/c1-10-5-6-14(22-4)13(7-10)19(12(3)20)9-16(21)17-15-8-11(2)23-18-15/h5-8H,9H2,1-4H3,(H,17,18,21). The van der Waals surface area contributed by atoms with Crippen molar-refractivity contribution in [1.82, 2.24) is 5.16 Å². The third kappa shape index (κ3) is 4.09. The Bertz CT molecular complexity index is 724. The van der Waals surface area contributed by atoms with Crippen LogP contribution in [0.1, 0.15) is 18.2 Å². The Balaban J connectivity index is 2.20. The monoisotopic (exact) mass is 317 g/mol. The van der Waals surface area contributed by atoms with Gasteiger partial charge in [0.25, 0.3) is 0 Å². The summed E-state index contributed by atoms with van der Waals surface area (Å²) in [5.41, 5.74) is 1.51. The molecule has 0 radical (unpaired) electrons. The molecule has 0 spiro atoms. The van der Waals surface area contributed by atoms with Crippen LogP contribution in [0.15, 0.2) is 28.8 Å². The van der Waals surface area contributed by atoms with Gasteiger partial charge in [0, 0.05) is 13.0 Å². The van der Waals surface area contributed by atoms with Crippen LogP contribution >= 0.6 is 0 Å². The van der Waals surface area contributed by atoms with E-state index in [4.69, 9.17) is 9.26 Å². The molecule has 0 aliphatic rings. The van der Waals surface area contributed by atoms with Gasteiger partial charge >= 0.3 is 0 Å². The van der Waals surface area contributed by atoms with Gasteiger partial charge in [0.1, 0.15) is 18.1 Å². The Kier molecular flexibility index (Phi) is 5.00. The van der Waals surface area contributed by atoms with Gasteiger partial charge in [0.15, 0.2) is 5.82 Å². The van der Waals surface area contributed by atoms with Gasteiger partial charge in [0.2, 0.25) is 11.8 Å². The van der Waals surface area contributed by atoms with E-state index < -0.39 is 0 Å². The zero-order valence-corrected chi connectivity index (χ0v) is 13.5. The highest BCUT2D eigenvalue weighted by Crippen LogP contribution is 2.29. The van der Waals surface area contributed by atoms with Gasteiger partial charge in [-0.05, 0) is 31.5 Å². The highest BCUT2D eigenvalue weighted by atomic mass is 16.5. The largest absolute Gasteiger partial charge is 0.495 e. The number of hydrogen-bond donors (Lipinski definition) is 1. The van der Waals surface area contributed by atoms with E-state index in [1.165, 1.54) is 18.9 Å². The van der Waals surface area contributed by atoms with Crippen molar-refractivity contribution < 1.29 is 18.8 Å². The average Bonchev–Trinajstić information content (AvgIpc) is 2.89. The summed E-state index contributed by atoms with van der Waals surface area (Å²) >= 11 is 0. The quantitative estimate of drug-likeness (QED) is 0.914. The third-order valence-corrected chi connectivity index (χ3v) is 3.20. The van der Waals surface area contributed by atoms with Crippen LogP contribution in [0.25, 0.3) is 0 Å². The smallest absolute Gasteiger partial charge is 0.245 e. The molecule has 122 valence electrons. The van der Waals surface area contributed by atoms with E-state index in [9.17, 15) is 9.59 Å². The van der Waals surface area contributed by atoms with Crippen molar-refractivity contribution >= 4 is 23.3 Å². The first kappa shape index (κ1) is 16.5. The van der Waals surface area contributed by atoms with E-state index in [1.54, 1.807) is 25.1 Å². The molecule has 7 heteroatoms. The molecule has 2 amide bonds. The van der Waals surface area contributed by atoms with Crippen molar-refractivity contribution in [2.24, 2.45) is 0 Å². The molecule has 0 fully saturated rings. The molecular formula is C16H19N3O4. The van der Waals surface area contributed by atoms with Gasteiger partial charge in [-0.3, -0.25) is 14.5 Å². The highest BCUT2D eigenvalue weighted by molar-refractivity contribution is 6.02. The molecule has 0 bridgehead atoms. The molecule has 1 aromatic carbocycles. The summed E-state index contributed by atoms with van der Waals surface area (Å²) in [7, 11) is 1.52.